The predicted molar refractivity (Wildman–Crippen MR) is 108 cm³/mol. The van der Waals surface area contributed by atoms with Crippen LogP contribution in [0.4, 0.5) is 0 Å². The number of aryl methyl sites for hydroxylation is 2. The number of tetrazole rings is 1. The van der Waals surface area contributed by atoms with E-state index in [0.29, 0.717) is 17.5 Å². The number of rotatable bonds is 8. The van der Waals surface area contributed by atoms with E-state index < -0.39 is 6.10 Å². The zero-order valence-electron chi connectivity index (χ0n) is 16.2. The third kappa shape index (κ3) is 4.69. The molecule has 4 rings (SSSR count). The standard InChI is InChI=1S/C20H22N4O4S/c1-13-3-5-17(14(2)7-13)24-20(21-22-23-24)29-11-16(25)10-26-9-15-4-6-18-19(8-15)28-12-27-18/h3-8,16,25H,9-12H2,1-2H3/t16-/m0/s1. The zero-order valence-corrected chi connectivity index (χ0v) is 17.1. The van der Waals surface area contributed by atoms with Crippen molar-refractivity contribution in [2.75, 3.05) is 19.2 Å². The first-order valence-electron chi connectivity index (χ1n) is 9.23. The van der Waals surface area contributed by atoms with Gasteiger partial charge in [-0.3, -0.25) is 0 Å². The molecular weight excluding hydrogens is 392 g/mol. The molecule has 1 aliphatic rings. The lowest BCUT2D eigenvalue weighted by Gasteiger charge is -2.12. The largest absolute Gasteiger partial charge is 0.454 e. The van der Waals surface area contributed by atoms with Gasteiger partial charge in [0.05, 0.1) is 25.0 Å². The fourth-order valence-corrected chi connectivity index (χ4v) is 3.81. The van der Waals surface area contributed by atoms with Crippen LogP contribution in [0.2, 0.25) is 0 Å². The van der Waals surface area contributed by atoms with Gasteiger partial charge in [0.2, 0.25) is 11.9 Å². The highest BCUT2D eigenvalue weighted by atomic mass is 32.2. The van der Waals surface area contributed by atoms with E-state index in [0.717, 1.165) is 28.3 Å². The number of ether oxygens (including phenoxy) is 3. The molecule has 152 valence electrons. The van der Waals surface area contributed by atoms with E-state index in [2.05, 4.69) is 21.6 Å². The Balaban J connectivity index is 1.28. The second-order valence-corrected chi connectivity index (χ2v) is 7.82. The maximum Gasteiger partial charge on any atom is 0.231 e. The average molecular weight is 414 g/mol. The number of hydrogen-bond acceptors (Lipinski definition) is 8. The highest BCUT2D eigenvalue weighted by molar-refractivity contribution is 7.99. The molecule has 0 saturated heterocycles. The lowest BCUT2D eigenvalue weighted by atomic mass is 10.1. The molecule has 1 aliphatic heterocycles. The molecule has 0 saturated carbocycles. The number of benzene rings is 2. The van der Waals surface area contributed by atoms with Crippen molar-refractivity contribution in [1.82, 2.24) is 20.2 Å². The fraction of sp³-hybridized carbons (Fsp3) is 0.350. The number of aliphatic hydroxyl groups excluding tert-OH is 1. The molecule has 8 nitrogen and oxygen atoms in total. The molecule has 0 amide bonds. The lowest BCUT2D eigenvalue weighted by Crippen LogP contribution is -2.18. The Morgan fingerprint density at radius 2 is 2.03 bits per heavy atom. The number of nitrogens with zero attached hydrogens (tertiary/aromatic N) is 4. The second-order valence-electron chi connectivity index (χ2n) is 6.83. The third-order valence-corrected chi connectivity index (χ3v) is 5.51. The van der Waals surface area contributed by atoms with E-state index in [4.69, 9.17) is 14.2 Å². The molecule has 0 bridgehead atoms. The van der Waals surface area contributed by atoms with Gasteiger partial charge in [-0.25, -0.2) is 0 Å². The van der Waals surface area contributed by atoms with Gasteiger partial charge >= 0.3 is 0 Å². The fourth-order valence-electron chi connectivity index (χ4n) is 3.03. The van der Waals surface area contributed by atoms with Crippen molar-refractivity contribution in [3.05, 3.63) is 53.1 Å². The van der Waals surface area contributed by atoms with Crippen molar-refractivity contribution < 1.29 is 19.3 Å². The van der Waals surface area contributed by atoms with Gasteiger partial charge in [-0.05, 0) is 53.6 Å². The number of thioether (sulfide) groups is 1. The molecule has 1 N–H and O–H groups in total. The van der Waals surface area contributed by atoms with E-state index in [1.54, 1.807) is 4.68 Å². The van der Waals surface area contributed by atoms with E-state index >= 15 is 0 Å². The normalized spacial score (nSPS) is 13.6. The summed E-state index contributed by atoms with van der Waals surface area (Å²) in [6, 6.07) is 11.8. The summed E-state index contributed by atoms with van der Waals surface area (Å²) >= 11 is 1.39. The molecule has 0 radical (unpaired) electrons. The summed E-state index contributed by atoms with van der Waals surface area (Å²) in [6.45, 7) is 4.92. The molecule has 1 atom stereocenters. The minimum absolute atomic E-state index is 0.215. The van der Waals surface area contributed by atoms with Crippen LogP contribution in [0.15, 0.2) is 41.6 Å². The molecular formula is C20H22N4O4S. The first-order chi connectivity index (χ1) is 14.1. The molecule has 1 aromatic heterocycles. The number of fused-ring (bicyclic) bond motifs is 1. The van der Waals surface area contributed by atoms with Crippen LogP contribution in [0, 0.1) is 13.8 Å². The highest BCUT2D eigenvalue weighted by Crippen LogP contribution is 2.32. The predicted octanol–water partition coefficient (Wildman–Crippen LogP) is 2.68. The molecule has 2 heterocycles. The highest BCUT2D eigenvalue weighted by Gasteiger charge is 2.15. The summed E-state index contributed by atoms with van der Waals surface area (Å²) in [4.78, 5) is 0. The van der Waals surface area contributed by atoms with Gasteiger partial charge in [-0.2, -0.15) is 4.68 Å². The maximum atomic E-state index is 10.3. The molecule has 0 aliphatic carbocycles. The van der Waals surface area contributed by atoms with E-state index in [1.807, 2.05) is 44.2 Å². The van der Waals surface area contributed by atoms with Crippen LogP contribution in [-0.2, 0) is 11.3 Å². The van der Waals surface area contributed by atoms with Gasteiger partial charge < -0.3 is 19.3 Å². The van der Waals surface area contributed by atoms with Crippen LogP contribution in [0.3, 0.4) is 0 Å². The Morgan fingerprint density at radius 3 is 2.90 bits per heavy atom. The number of aromatic nitrogens is 4. The number of aliphatic hydroxyl groups is 1. The summed E-state index contributed by atoms with van der Waals surface area (Å²) < 4.78 is 18.0. The van der Waals surface area contributed by atoms with Crippen LogP contribution in [0.1, 0.15) is 16.7 Å². The molecule has 2 aromatic carbocycles. The van der Waals surface area contributed by atoms with Crippen LogP contribution in [-0.4, -0.2) is 50.6 Å². The minimum atomic E-state index is -0.640. The summed E-state index contributed by atoms with van der Waals surface area (Å²) in [6.07, 6.45) is -0.640. The van der Waals surface area contributed by atoms with Gasteiger partial charge in [-0.15, -0.1) is 5.10 Å². The molecule has 29 heavy (non-hydrogen) atoms. The van der Waals surface area contributed by atoms with Crippen molar-refractivity contribution >= 4 is 11.8 Å². The first kappa shape index (κ1) is 19.7. The Bertz CT molecular complexity index is 994. The molecule has 0 unspecified atom stereocenters. The smallest absolute Gasteiger partial charge is 0.231 e. The summed E-state index contributed by atoms with van der Waals surface area (Å²) in [5.74, 6) is 1.89. The summed E-state index contributed by atoms with van der Waals surface area (Å²) in [5.41, 5.74) is 4.17. The minimum Gasteiger partial charge on any atom is -0.454 e. The van der Waals surface area contributed by atoms with E-state index in [9.17, 15) is 5.11 Å². The second kappa shape index (κ2) is 8.81. The Morgan fingerprint density at radius 1 is 1.17 bits per heavy atom. The van der Waals surface area contributed by atoms with Crippen LogP contribution in [0.25, 0.3) is 5.69 Å². The van der Waals surface area contributed by atoms with Crippen LogP contribution < -0.4 is 9.47 Å². The lowest BCUT2D eigenvalue weighted by molar-refractivity contribution is 0.0397. The van der Waals surface area contributed by atoms with Crippen molar-refractivity contribution in [3.8, 4) is 17.2 Å². The van der Waals surface area contributed by atoms with Crippen LogP contribution in [0.5, 0.6) is 11.5 Å². The Hall–Kier alpha value is -2.62. The number of hydrogen-bond donors (Lipinski definition) is 1. The van der Waals surface area contributed by atoms with Crippen molar-refractivity contribution in [1.29, 1.82) is 0 Å². The summed E-state index contributed by atoms with van der Waals surface area (Å²) in [7, 11) is 0. The zero-order chi connectivity index (χ0) is 20.2. The SMILES string of the molecule is Cc1ccc(-n2nnnc2SC[C@@H](O)COCc2ccc3c(c2)OCO3)c(C)c1. The maximum absolute atomic E-state index is 10.3. The van der Waals surface area contributed by atoms with Gasteiger partial charge in [-0.1, -0.05) is 35.5 Å². The Labute approximate surface area is 172 Å². The van der Waals surface area contributed by atoms with Crippen molar-refractivity contribution in [2.45, 2.75) is 31.7 Å². The van der Waals surface area contributed by atoms with Gasteiger partial charge in [0.15, 0.2) is 11.5 Å². The van der Waals surface area contributed by atoms with Gasteiger partial charge in [0, 0.05) is 5.75 Å². The molecule has 0 fully saturated rings. The molecule has 0 spiro atoms. The molecule has 3 aromatic rings. The summed E-state index contributed by atoms with van der Waals surface area (Å²) in [5, 5.41) is 22.8. The monoisotopic (exact) mass is 414 g/mol. The van der Waals surface area contributed by atoms with Crippen molar-refractivity contribution in [3.63, 3.8) is 0 Å². The average Bonchev–Trinajstić information content (AvgIpc) is 3.35. The van der Waals surface area contributed by atoms with Gasteiger partial charge in [0.25, 0.3) is 0 Å². The molecule has 9 heteroatoms. The quantitative estimate of drug-likeness (QED) is 0.563. The Kier molecular flexibility index (Phi) is 5.98. The topological polar surface area (TPSA) is 91.5 Å². The van der Waals surface area contributed by atoms with Crippen molar-refractivity contribution in [2.24, 2.45) is 0 Å². The van der Waals surface area contributed by atoms with E-state index in [1.165, 1.54) is 17.3 Å². The van der Waals surface area contributed by atoms with Gasteiger partial charge in [0.1, 0.15) is 0 Å². The van der Waals surface area contributed by atoms with Crippen LogP contribution >= 0.6 is 11.8 Å². The van der Waals surface area contributed by atoms with E-state index in [-0.39, 0.29) is 13.4 Å². The third-order valence-electron chi connectivity index (χ3n) is 4.44. The first-order valence-corrected chi connectivity index (χ1v) is 10.2.